The summed E-state index contributed by atoms with van der Waals surface area (Å²) in [4.78, 5) is 7.82. The molecule has 0 amide bonds. The molecule has 2 atom stereocenters. The smallest absolute Gasteiger partial charge is 0.145 e. The fraction of sp³-hybridized carbons (Fsp3) is 0.296. The fourth-order valence-electron chi connectivity index (χ4n) is 3.92. The molecule has 1 heterocycles. The van der Waals surface area contributed by atoms with Crippen LogP contribution in [0.3, 0.4) is 0 Å². The Labute approximate surface area is 199 Å². The monoisotopic (exact) mass is 464 g/mol. The highest BCUT2D eigenvalue weighted by atomic mass is 19.1. The van der Waals surface area contributed by atoms with Crippen LogP contribution < -0.4 is 9.47 Å². The molecule has 0 spiro atoms. The number of aliphatic hydroxyl groups is 1. The van der Waals surface area contributed by atoms with Gasteiger partial charge in [-0.1, -0.05) is 47.6 Å². The van der Waals surface area contributed by atoms with Crippen LogP contribution in [0.1, 0.15) is 17.5 Å². The number of halogens is 1. The van der Waals surface area contributed by atoms with Gasteiger partial charge in [0.1, 0.15) is 36.1 Å². The Balaban J connectivity index is 1.39. The number of nitrogens with zero attached hydrogens (tertiary/aromatic N) is 2. The fourth-order valence-corrected chi connectivity index (χ4v) is 3.92. The largest absolute Gasteiger partial charge is 0.497 e. The van der Waals surface area contributed by atoms with Gasteiger partial charge in [-0.05, 0) is 47.5 Å². The summed E-state index contributed by atoms with van der Waals surface area (Å²) >= 11 is 0. The Morgan fingerprint density at radius 3 is 2.59 bits per heavy atom. The van der Waals surface area contributed by atoms with Gasteiger partial charge < -0.3 is 19.4 Å². The minimum absolute atomic E-state index is 0.173. The SMILES string of the molecule is COc1cccc(CN(C[C@H](O)COc2ccccc2)C[C@H]2CC(c3ccc(F)cc3)=NO2)c1. The maximum absolute atomic E-state index is 13.3. The quantitative estimate of drug-likeness (QED) is 0.459. The zero-order valence-electron chi connectivity index (χ0n) is 19.1. The number of rotatable bonds is 11. The molecule has 4 rings (SSSR count). The molecule has 1 aliphatic heterocycles. The first-order chi connectivity index (χ1) is 16.6. The highest BCUT2D eigenvalue weighted by Crippen LogP contribution is 2.20. The van der Waals surface area contributed by atoms with Gasteiger partial charge in [0.05, 0.1) is 12.8 Å². The molecule has 0 aliphatic carbocycles. The van der Waals surface area contributed by atoms with Gasteiger partial charge in [0.2, 0.25) is 0 Å². The molecule has 3 aromatic rings. The van der Waals surface area contributed by atoms with Gasteiger partial charge in [0.25, 0.3) is 0 Å². The van der Waals surface area contributed by atoms with Crippen LogP contribution in [0.4, 0.5) is 4.39 Å². The van der Waals surface area contributed by atoms with Crippen LogP contribution in [0, 0.1) is 5.82 Å². The maximum Gasteiger partial charge on any atom is 0.145 e. The molecule has 0 unspecified atom stereocenters. The van der Waals surface area contributed by atoms with Crippen LogP contribution in [0.2, 0.25) is 0 Å². The van der Waals surface area contributed by atoms with Gasteiger partial charge in [-0.15, -0.1) is 0 Å². The third kappa shape index (κ3) is 6.79. The summed E-state index contributed by atoms with van der Waals surface area (Å²) in [5, 5.41) is 14.9. The van der Waals surface area contributed by atoms with Gasteiger partial charge in [-0.3, -0.25) is 4.90 Å². The first-order valence-corrected chi connectivity index (χ1v) is 11.3. The van der Waals surface area contributed by atoms with E-state index in [4.69, 9.17) is 14.3 Å². The number of benzene rings is 3. The van der Waals surface area contributed by atoms with Crippen molar-refractivity contribution in [3.63, 3.8) is 0 Å². The van der Waals surface area contributed by atoms with Crippen molar-refractivity contribution in [1.82, 2.24) is 4.90 Å². The Bertz CT molecular complexity index is 1080. The number of methoxy groups -OCH3 is 1. The molecule has 1 aliphatic rings. The minimum Gasteiger partial charge on any atom is -0.497 e. The number of para-hydroxylation sites is 1. The summed E-state index contributed by atoms with van der Waals surface area (Å²) in [7, 11) is 1.64. The van der Waals surface area contributed by atoms with Crippen LogP contribution in [-0.2, 0) is 11.4 Å². The van der Waals surface area contributed by atoms with Crippen molar-refractivity contribution in [2.75, 3.05) is 26.8 Å². The predicted molar refractivity (Wildman–Crippen MR) is 129 cm³/mol. The summed E-state index contributed by atoms with van der Waals surface area (Å²) in [5.41, 5.74) is 2.70. The van der Waals surface area contributed by atoms with Crippen molar-refractivity contribution in [3.8, 4) is 11.5 Å². The summed E-state index contributed by atoms with van der Waals surface area (Å²) in [6.45, 7) is 1.75. The molecule has 1 N–H and O–H groups in total. The van der Waals surface area contributed by atoms with E-state index >= 15 is 0 Å². The van der Waals surface area contributed by atoms with Gasteiger partial charge in [-0.2, -0.15) is 0 Å². The molecular weight excluding hydrogens is 435 g/mol. The Morgan fingerprint density at radius 1 is 1.06 bits per heavy atom. The average molecular weight is 465 g/mol. The number of aliphatic hydroxyl groups excluding tert-OH is 1. The average Bonchev–Trinajstić information content (AvgIpc) is 3.32. The molecular formula is C27H29FN2O4. The van der Waals surface area contributed by atoms with Gasteiger partial charge in [0, 0.05) is 26.1 Å². The third-order valence-electron chi connectivity index (χ3n) is 5.57. The highest BCUT2D eigenvalue weighted by Gasteiger charge is 2.26. The Hall–Kier alpha value is -3.42. The van der Waals surface area contributed by atoms with Crippen LogP contribution in [0.5, 0.6) is 11.5 Å². The van der Waals surface area contributed by atoms with Crippen molar-refractivity contribution < 1.29 is 23.8 Å². The molecule has 7 heteroatoms. The highest BCUT2D eigenvalue weighted by molar-refractivity contribution is 6.01. The lowest BCUT2D eigenvalue weighted by molar-refractivity contribution is 0.0213. The van der Waals surface area contributed by atoms with Gasteiger partial charge in [0.15, 0.2) is 0 Å². The second kappa shape index (κ2) is 11.6. The zero-order chi connectivity index (χ0) is 23.8. The van der Waals surface area contributed by atoms with Crippen molar-refractivity contribution in [3.05, 3.63) is 95.8 Å². The summed E-state index contributed by atoms with van der Waals surface area (Å²) in [6.07, 6.45) is -0.255. The first-order valence-electron chi connectivity index (χ1n) is 11.3. The van der Waals surface area contributed by atoms with Crippen molar-refractivity contribution in [1.29, 1.82) is 0 Å². The molecule has 0 aromatic heterocycles. The summed E-state index contributed by atoms with van der Waals surface area (Å²) in [5.74, 6) is 1.22. The van der Waals surface area contributed by atoms with E-state index in [-0.39, 0.29) is 18.5 Å². The predicted octanol–water partition coefficient (Wildman–Crippen LogP) is 4.27. The van der Waals surface area contributed by atoms with Gasteiger partial charge in [-0.25, -0.2) is 4.39 Å². The molecule has 34 heavy (non-hydrogen) atoms. The normalized spacial score (nSPS) is 16.1. The van der Waals surface area contributed by atoms with Crippen molar-refractivity contribution >= 4 is 5.71 Å². The molecule has 3 aromatic carbocycles. The standard InChI is InChI=1S/C27H29FN2O4/c1-32-25-9-5-6-20(14-25)16-30(17-23(31)19-33-24-7-3-2-4-8-24)18-26-15-27(29-34-26)21-10-12-22(28)13-11-21/h2-14,23,26,31H,15-19H2,1H3/t23-,26+/m0/s1. The molecule has 0 bridgehead atoms. The topological polar surface area (TPSA) is 63.5 Å². The van der Waals surface area contributed by atoms with Gasteiger partial charge >= 0.3 is 0 Å². The number of oxime groups is 1. The molecule has 0 radical (unpaired) electrons. The van der Waals surface area contributed by atoms with E-state index in [1.807, 2.05) is 54.6 Å². The lowest BCUT2D eigenvalue weighted by Gasteiger charge is -2.27. The first kappa shape index (κ1) is 23.7. The Kier molecular flexibility index (Phi) is 8.12. The number of hydrogen-bond donors (Lipinski definition) is 1. The van der Waals surface area contributed by atoms with Crippen molar-refractivity contribution in [2.24, 2.45) is 5.16 Å². The van der Waals surface area contributed by atoms with Crippen LogP contribution in [0.25, 0.3) is 0 Å². The molecule has 0 saturated heterocycles. The Morgan fingerprint density at radius 2 is 1.82 bits per heavy atom. The van der Waals surface area contributed by atoms with Crippen LogP contribution in [-0.4, -0.2) is 54.7 Å². The summed E-state index contributed by atoms with van der Waals surface area (Å²) in [6, 6.07) is 23.5. The molecule has 0 fully saturated rings. The van der Waals surface area contributed by atoms with Crippen molar-refractivity contribution in [2.45, 2.75) is 25.2 Å². The zero-order valence-corrected chi connectivity index (χ0v) is 19.1. The number of hydrogen-bond acceptors (Lipinski definition) is 6. The summed E-state index contributed by atoms with van der Waals surface area (Å²) < 4.78 is 24.3. The van der Waals surface area contributed by atoms with E-state index in [0.29, 0.717) is 26.1 Å². The van der Waals surface area contributed by atoms with E-state index in [2.05, 4.69) is 10.1 Å². The third-order valence-corrected chi connectivity index (χ3v) is 5.57. The minimum atomic E-state index is -0.690. The lowest BCUT2D eigenvalue weighted by atomic mass is 10.0. The van der Waals surface area contributed by atoms with E-state index in [0.717, 1.165) is 28.3 Å². The maximum atomic E-state index is 13.3. The van der Waals surface area contributed by atoms with E-state index in [1.54, 1.807) is 19.2 Å². The number of ether oxygens (including phenoxy) is 2. The van der Waals surface area contributed by atoms with Crippen LogP contribution in [0.15, 0.2) is 84.0 Å². The lowest BCUT2D eigenvalue weighted by Crippen LogP contribution is -2.39. The van der Waals surface area contributed by atoms with E-state index in [9.17, 15) is 9.50 Å². The van der Waals surface area contributed by atoms with E-state index in [1.165, 1.54) is 12.1 Å². The van der Waals surface area contributed by atoms with E-state index < -0.39 is 6.10 Å². The second-order valence-corrected chi connectivity index (χ2v) is 8.30. The molecule has 6 nitrogen and oxygen atoms in total. The second-order valence-electron chi connectivity index (χ2n) is 8.30. The molecule has 178 valence electrons. The van der Waals surface area contributed by atoms with Crippen LogP contribution >= 0.6 is 0 Å². The molecule has 0 saturated carbocycles.